The summed E-state index contributed by atoms with van der Waals surface area (Å²) in [6.45, 7) is 3.56. The number of carbonyl (C=O) groups is 1. The fourth-order valence-corrected chi connectivity index (χ4v) is 1.26. The van der Waals surface area contributed by atoms with Crippen LogP contribution in [0, 0.1) is 0 Å². The number of nitrogens with one attached hydrogen (secondary N) is 1. The molecule has 1 amide bonds. The molecule has 1 aromatic rings. The summed E-state index contributed by atoms with van der Waals surface area (Å²) >= 11 is 3.30. The molecule has 0 aliphatic rings. The van der Waals surface area contributed by atoms with Crippen molar-refractivity contribution < 1.29 is 14.3 Å². The second kappa shape index (κ2) is 5.40. The summed E-state index contributed by atoms with van der Waals surface area (Å²) in [5.41, 5.74) is 0.638. The highest BCUT2D eigenvalue weighted by Crippen LogP contribution is 2.27. The zero-order valence-corrected chi connectivity index (χ0v) is 11.9. The molecule has 0 fully saturated rings. The Hall–Kier alpha value is -1.23. The maximum absolute atomic E-state index is 11.8. The lowest BCUT2D eigenvalue weighted by atomic mass is 10.2. The van der Waals surface area contributed by atoms with Crippen LogP contribution in [0.15, 0.2) is 18.2 Å². The number of methoxy groups -OCH3 is 2. The van der Waals surface area contributed by atoms with E-state index in [2.05, 4.69) is 21.2 Å². The number of alkyl halides is 1. The van der Waals surface area contributed by atoms with Crippen LogP contribution >= 0.6 is 15.9 Å². The summed E-state index contributed by atoms with van der Waals surface area (Å²) in [5, 5.41) is 2.79. The van der Waals surface area contributed by atoms with Crippen LogP contribution in [0.25, 0.3) is 0 Å². The van der Waals surface area contributed by atoms with Crippen molar-refractivity contribution in [2.24, 2.45) is 0 Å². The molecule has 17 heavy (non-hydrogen) atoms. The van der Waals surface area contributed by atoms with E-state index in [4.69, 9.17) is 9.47 Å². The topological polar surface area (TPSA) is 47.6 Å². The maximum Gasteiger partial charge on any atom is 0.240 e. The van der Waals surface area contributed by atoms with E-state index in [9.17, 15) is 4.79 Å². The lowest BCUT2D eigenvalue weighted by Crippen LogP contribution is -2.30. The largest absolute Gasteiger partial charge is 0.497 e. The van der Waals surface area contributed by atoms with E-state index < -0.39 is 4.32 Å². The molecule has 0 aliphatic heterocycles. The maximum atomic E-state index is 11.8. The Morgan fingerprint density at radius 2 is 1.65 bits per heavy atom. The average molecular weight is 302 g/mol. The second-order valence-corrected chi connectivity index (χ2v) is 6.01. The van der Waals surface area contributed by atoms with Gasteiger partial charge in [0.25, 0.3) is 0 Å². The zero-order valence-electron chi connectivity index (χ0n) is 10.3. The van der Waals surface area contributed by atoms with Crippen molar-refractivity contribution in [1.29, 1.82) is 0 Å². The second-order valence-electron chi connectivity index (χ2n) is 4.03. The number of hydrogen-bond acceptors (Lipinski definition) is 3. The molecule has 4 nitrogen and oxygen atoms in total. The predicted octanol–water partition coefficient (Wildman–Crippen LogP) is 2.82. The minimum atomic E-state index is -0.622. The molecule has 1 N–H and O–H groups in total. The van der Waals surface area contributed by atoms with E-state index in [1.807, 2.05) is 0 Å². The van der Waals surface area contributed by atoms with Crippen molar-refractivity contribution in [1.82, 2.24) is 0 Å². The van der Waals surface area contributed by atoms with Gasteiger partial charge in [0.2, 0.25) is 5.91 Å². The minimum Gasteiger partial charge on any atom is -0.497 e. The molecule has 0 aromatic heterocycles. The molecule has 0 aliphatic carbocycles. The highest BCUT2D eigenvalue weighted by Gasteiger charge is 2.23. The third-order valence-corrected chi connectivity index (χ3v) is 2.51. The van der Waals surface area contributed by atoms with Gasteiger partial charge in [0.15, 0.2) is 0 Å². The third-order valence-electron chi connectivity index (χ3n) is 2.15. The van der Waals surface area contributed by atoms with Gasteiger partial charge in [-0.1, -0.05) is 15.9 Å². The van der Waals surface area contributed by atoms with Crippen LogP contribution < -0.4 is 14.8 Å². The first-order valence-electron chi connectivity index (χ1n) is 5.10. The van der Waals surface area contributed by atoms with Crippen molar-refractivity contribution >= 4 is 27.5 Å². The molecule has 5 heteroatoms. The van der Waals surface area contributed by atoms with Crippen LogP contribution in [0.4, 0.5) is 5.69 Å². The SMILES string of the molecule is COc1cc(NC(=O)C(C)(C)Br)cc(OC)c1. The highest BCUT2D eigenvalue weighted by atomic mass is 79.9. The zero-order chi connectivity index (χ0) is 13.1. The van der Waals surface area contributed by atoms with Crippen molar-refractivity contribution in [2.45, 2.75) is 18.2 Å². The summed E-state index contributed by atoms with van der Waals surface area (Å²) < 4.78 is 9.62. The standard InChI is InChI=1S/C12H16BrNO3/c1-12(2,13)11(15)14-8-5-9(16-3)7-10(6-8)17-4/h5-7H,1-4H3,(H,14,15). The first kappa shape index (κ1) is 13.8. The van der Waals surface area contributed by atoms with Crippen molar-refractivity contribution in [3.63, 3.8) is 0 Å². The van der Waals surface area contributed by atoms with E-state index in [-0.39, 0.29) is 5.91 Å². The van der Waals surface area contributed by atoms with Gasteiger partial charge >= 0.3 is 0 Å². The molecular formula is C12H16BrNO3. The van der Waals surface area contributed by atoms with E-state index in [0.29, 0.717) is 17.2 Å². The molecule has 94 valence electrons. The smallest absolute Gasteiger partial charge is 0.240 e. The van der Waals surface area contributed by atoms with Crippen molar-refractivity contribution in [3.05, 3.63) is 18.2 Å². The molecule has 0 saturated heterocycles. The fourth-order valence-electron chi connectivity index (χ4n) is 1.16. The Balaban J connectivity index is 2.94. The monoisotopic (exact) mass is 301 g/mol. The third kappa shape index (κ3) is 3.93. The fraction of sp³-hybridized carbons (Fsp3) is 0.417. The lowest BCUT2D eigenvalue weighted by molar-refractivity contribution is -0.117. The van der Waals surface area contributed by atoms with Gasteiger partial charge in [0.05, 0.1) is 18.5 Å². The normalized spacial score (nSPS) is 10.9. The number of benzene rings is 1. The van der Waals surface area contributed by atoms with Gasteiger partial charge in [-0.25, -0.2) is 0 Å². The number of rotatable bonds is 4. The quantitative estimate of drug-likeness (QED) is 0.870. The number of amides is 1. The van der Waals surface area contributed by atoms with Gasteiger partial charge in [0, 0.05) is 23.9 Å². The first-order valence-corrected chi connectivity index (χ1v) is 5.89. The Morgan fingerprint density at radius 3 is 2.00 bits per heavy atom. The number of carbonyl (C=O) groups excluding carboxylic acids is 1. The number of halogens is 1. The molecule has 0 heterocycles. The van der Waals surface area contributed by atoms with Crippen LogP contribution in [-0.4, -0.2) is 24.5 Å². The van der Waals surface area contributed by atoms with E-state index in [1.165, 1.54) is 0 Å². The van der Waals surface area contributed by atoms with Crippen LogP contribution in [-0.2, 0) is 4.79 Å². The van der Waals surface area contributed by atoms with Gasteiger partial charge < -0.3 is 14.8 Å². The number of anilines is 1. The van der Waals surface area contributed by atoms with Gasteiger partial charge in [-0.15, -0.1) is 0 Å². The molecule has 0 radical (unpaired) electrons. The Bertz CT molecular complexity index is 390. The molecule has 0 atom stereocenters. The Morgan fingerprint density at radius 1 is 1.18 bits per heavy atom. The Kier molecular flexibility index (Phi) is 4.40. The lowest BCUT2D eigenvalue weighted by Gasteiger charge is -2.16. The van der Waals surface area contributed by atoms with Crippen LogP contribution in [0.3, 0.4) is 0 Å². The molecule has 1 aromatic carbocycles. The predicted molar refractivity (Wildman–Crippen MR) is 71.2 cm³/mol. The summed E-state index contributed by atoms with van der Waals surface area (Å²) in [6.07, 6.45) is 0. The molecule has 1 rings (SSSR count). The summed E-state index contributed by atoms with van der Waals surface area (Å²) in [5.74, 6) is 1.13. The van der Waals surface area contributed by atoms with Crippen LogP contribution in [0.2, 0.25) is 0 Å². The minimum absolute atomic E-state index is 0.132. The highest BCUT2D eigenvalue weighted by molar-refractivity contribution is 9.10. The number of ether oxygens (including phenoxy) is 2. The van der Waals surface area contributed by atoms with Gasteiger partial charge in [0.1, 0.15) is 11.5 Å². The summed E-state index contributed by atoms with van der Waals surface area (Å²) in [7, 11) is 3.13. The Labute approximate surface area is 109 Å². The average Bonchev–Trinajstić information content (AvgIpc) is 2.27. The number of hydrogen-bond donors (Lipinski definition) is 1. The molecule has 0 saturated carbocycles. The van der Waals surface area contributed by atoms with E-state index in [0.717, 1.165) is 0 Å². The van der Waals surface area contributed by atoms with Gasteiger partial charge in [-0.05, 0) is 13.8 Å². The molecular weight excluding hydrogens is 286 g/mol. The molecule has 0 bridgehead atoms. The first-order chi connectivity index (χ1) is 7.86. The van der Waals surface area contributed by atoms with Crippen LogP contribution in [0.5, 0.6) is 11.5 Å². The van der Waals surface area contributed by atoms with Crippen LogP contribution in [0.1, 0.15) is 13.8 Å². The van der Waals surface area contributed by atoms with E-state index in [1.54, 1.807) is 46.3 Å². The van der Waals surface area contributed by atoms with Gasteiger partial charge in [-0.2, -0.15) is 0 Å². The van der Waals surface area contributed by atoms with Crippen molar-refractivity contribution in [2.75, 3.05) is 19.5 Å². The van der Waals surface area contributed by atoms with Crippen molar-refractivity contribution in [3.8, 4) is 11.5 Å². The summed E-state index contributed by atoms with van der Waals surface area (Å²) in [4.78, 5) is 11.8. The molecule has 0 spiro atoms. The van der Waals surface area contributed by atoms with Gasteiger partial charge in [-0.3, -0.25) is 4.79 Å². The van der Waals surface area contributed by atoms with E-state index >= 15 is 0 Å². The molecule has 0 unspecified atom stereocenters. The summed E-state index contributed by atoms with van der Waals surface area (Å²) in [6, 6.07) is 5.22.